The normalized spacial score (nSPS) is 30.3. The van der Waals surface area contributed by atoms with Gasteiger partial charge in [0.15, 0.2) is 0 Å². The predicted molar refractivity (Wildman–Crippen MR) is 64.1 cm³/mol. The first-order valence-electron chi connectivity index (χ1n) is 5.81. The molecule has 0 radical (unpaired) electrons. The van der Waals surface area contributed by atoms with Gasteiger partial charge in [0.2, 0.25) is 5.91 Å². The van der Waals surface area contributed by atoms with Gasteiger partial charge in [-0.05, 0) is 31.6 Å². The highest BCUT2D eigenvalue weighted by Gasteiger charge is 2.33. The van der Waals surface area contributed by atoms with Gasteiger partial charge < -0.3 is 10.2 Å². The summed E-state index contributed by atoms with van der Waals surface area (Å²) in [7, 11) is 0. The second-order valence-corrected chi connectivity index (χ2v) is 5.47. The first-order chi connectivity index (χ1) is 7.31. The van der Waals surface area contributed by atoms with Gasteiger partial charge in [0.25, 0.3) is 0 Å². The molecule has 0 saturated carbocycles. The quantitative estimate of drug-likeness (QED) is 0.780. The van der Waals surface area contributed by atoms with Gasteiger partial charge in [0.1, 0.15) is 0 Å². The Morgan fingerprint density at radius 2 is 2.40 bits per heavy atom. The van der Waals surface area contributed by atoms with E-state index in [1.54, 1.807) is 11.8 Å². The minimum absolute atomic E-state index is 0.356. The third-order valence-electron chi connectivity index (χ3n) is 3.53. The highest BCUT2D eigenvalue weighted by atomic mass is 32.2. The van der Waals surface area contributed by atoms with Crippen molar-refractivity contribution in [2.24, 2.45) is 5.92 Å². The predicted octanol–water partition coefficient (Wildman–Crippen LogP) is 0.950. The van der Waals surface area contributed by atoms with Gasteiger partial charge in [-0.2, -0.15) is 11.8 Å². The molecule has 0 aromatic rings. The van der Waals surface area contributed by atoms with Crippen molar-refractivity contribution in [3.05, 3.63) is 0 Å². The molecule has 0 bridgehead atoms. The summed E-state index contributed by atoms with van der Waals surface area (Å²) < 4.78 is 0. The van der Waals surface area contributed by atoms with Crippen LogP contribution in [0, 0.1) is 5.92 Å². The Morgan fingerprint density at radius 3 is 3.20 bits per heavy atom. The molecule has 15 heavy (non-hydrogen) atoms. The molecule has 0 spiro atoms. The molecule has 1 amide bonds. The first kappa shape index (κ1) is 11.3. The van der Waals surface area contributed by atoms with Crippen molar-refractivity contribution in [2.45, 2.75) is 25.3 Å². The second kappa shape index (κ2) is 5.21. The van der Waals surface area contributed by atoms with Gasteiger partial charge in [-0.15, -0.1) is 0 Å². The van der Waals surface area contributed by atoms with E-state index in [-0.39, 0.29) is 0 Å². The fraction of sp³-hybridized carbons (Fsp3) is 0.909. The van der Waals surface area contributed by atoms with E-state index in [2.05, 4.69) is 16.5 Å². The number of rotatable bonds is 3. The zero-order valence-electron chi connectivity index (χ0n) is 9.37. The molecule has 0 aromatic heterocycles. The number of piperidine rings is 1. The molecule has 2 fully saturated rings. The van der Waals surface area contributed by atoms with Crippen molar-refractivity contribution < 1.29 is 4.79 Å². The van der Waals surface area contributed by atoms with Crippen LogP contribution in [0.25, 0.3) is 0 Å². The average Bonchev–Trinajstić information content (AvgIpc) is 2.72. The summed E-state index contributed by atoms with van der Waals surface area (Å²) in [4.78, 5) is 13.9. The third-order valence-corrected chi connectivity index (χ3v) is 4.14. The minimum Gasteiger partial charge on any atom is -0.342 e. The lowest BCUT2D eigenvalue weighted by Crippen LogP contribution is -2.46. The number of carbonyl (C=O) groups excluding carboxylic acids is 1. The van der Waals surface area contributed by atoms with Crippen LogP contribution in [0.5, 0.6) is 0 Å². The summed E-state index contributed by atoms with van der Waals surface area (Å²) in [5, 5.41) is 3.52. The number of nitrogens with zero attached hydrogens (tertiary/aromatic N) is 1. The Kier molecular flexibility index (Phi) is 3.92. The van der Waals surface area contributed by atoms with Crippen LogP contribution in [-0.4, -0.2) is 48.5 Å². The third kappa shape index (κ3) is 2.67. The molecule has 3 nitrogen and oxygen atoms in total. The first-order valence-corrected chi connectivity index (χ1v) is 7.20. The molecule has 4 heteroatoms. The van der Waals surface area contributed by atoms with Gasteiger partial charge >= 0.3 is 0 Å². The molecule has 2 aliphatic heterocycles. The monoisotopic (exact) mass is 228 g/mol. The summed E-state index contributed by atoms with van der Waals surface area (Å²) in [6.45, 7) is 3.09. The summed E-state index contributed by atoms with van der Waals surface area (Å²) in [5.41, 5.74) is 0. The molecular weight excluding hydrogens is 208 g/mol. The number of fused-ring (bicyclic) bond motifs is 1. The van der Waals surface area contributed by atoms with E-state index in [0.717, 1.165) is 37.7 Å². The summed E-state index contributed by atoms with van der Waals surface area (Å²) in [5.74, 6) is 2.04. The Balaban J connectivity index is 1.81. The molecule has 2 rings (SSSR count). The van der Waals surface area contributed by atoms with Gasteiger partial charge in [-0.1, -0.05) is 0 Å². The molecule has 2 saturated heterocycles. The number of nitrogens with one attached hydrogen (secondary N) is 1. The lowest BCUT2D eigenvalue weighted by molar-refractivity contribution is -0.132. The van der Waals surface area contributed by atoms with E-state index in [1.807, 2.05) is 0 Å². The maximum atomic E-state index is 11.8. The van der Waals surface area contributed by atoms with Crippen LogP contribution in [0.3, 0.4) is 0 Å². The Labute approximate surface area is 96.0 Å². The topological polar surface area (TPSA) is 32.3 Å². The maximum Gasteiger partial charge on any atom is 0.223 e. The van der Waals surface area contributed by atoms with Crippen LogP contribution in [-0.2, 0) is 4.79 Å². The smallest absolute Gasteiger partial charge is 0.223 e. The highest BCUT2D eigenvalue weighted by molar-refractivity contribution is 7.98. The number of hydrogen-bond acceptors (Lipinski definition) is 3. The summed E-state index contributed by atoms with van der Waals surface area (Å²) in [6.07, 6.45) is 5.17. The van der Waals surface area contributed by atoms with Crippen molar-refractivity contribution in [3.8, 4) is 0 Å². The molecule has 0 aromatic carbocycles. The van der Waals surface area contributed by atoms with Crippen LogP contribution in [0.1, 0.15) is 19.3 Å². The zero-order chi connectivity index (χ0) is 10.7. The van der Waals surface area contributed by atoms with Gasteiger partial charge in [0, 0.05) is 31.3 Å². The minimum atomic E-state index is 0.356. The van der Waals surface area contributed by atoms with Crippen molar-refractivity contribution in [1.82, 2.24) is 10.2 Å². The number of hydrogen-bond donors (Lipinski definition) is 1. The Hall–Kier alpha value is -0.220. The van der Waals surface area contributed by atoms with Crippen molar-refractivity contribution in [1.29, 1.82) is 0 Å². The highest BCUT2D eigenvalue weighted by Crippen LogP contribution is 2.24. The molecule has 2 aliphatic rings. The van der Waals surface area contributed by atoms with E-state index in [0.29, 0.717) is 18.4 Å². The Bertz CT molecular complexity index is 235. The SMILES string of the molecule is CSCCC(=O)N1CCC2NCCC2C1. The van der Waals surface area contributed by atoms with E-state index in [1.165, 1.54) is 6.42 Å². The average molecular weight is 228 g/mol. The lowest BCUT2D eigenvalue weighted by atomic mass is 9.93. The van der Waals surface area contributed by atoms with E-state index < -0.39 is 0 Å². The van der Waals surface area contributed by atoms with Crippen LogP contribution in [0.4, 0.5) is 0 Å². The zero-order valence-corrected chi connectivity index (χ0v) is 10.2. The second-order valence-electron chi connectivity index (χ2n) is 4.48. The number of amides is 1. The van der Waals surface area contributed by atoms with E-state index >= 15 is 0 Å². The number of thioether (sulfide) groups is 1. The molecule has 2 unspecified atom stereocenters. The van der Waals surface area contributed by atoms with E-state index in [4.69, 9.17) is 0 Å². The summed E-state index contributed by atoms with van der Waals surface area (Å²) in [6, 6.07) is 0.689. The maximum absolute atomic E-state index is 11.8. The summed E-state index contributed by atoms with van der Waals surface area (Å²) >= 11 is 1.75. The van der Waals surface area contributed by atoms with E-state index in [9.17, 15) is 4.79 Å². The van der Waals surface area contributed by atoms with Gasteiger partial charge in [-0.3, -0.25) is 4.79 Å². The van der Waals surface area contributed by atoms with Crippen LogP contribution in [0.15, 0.2) is 0 Å². The number of likely N-dealkylation sites (tertiary alicyclic amines) is 1. The Morgan fingerprint density at radius 1 is 1.53 bits per heavy atom. The molecule has 86 valence electrons. The lowest BCUT2D eigenvalue weighted by Gasteiger charge is -2.34. The van der Waals surface area contributed by atoms with Crippen molar-refractivity contribution in [3.63, 3.8) is 0 Å². The largest absolute Gasteiger partial charge is 0.342 e. The fourth-order valence-electron chi connectivity index (χ4n) is 2.62. The van der Waals surface area contributed by atoms with Crippen LogP contribution in [0.2, 0.25) is 0 Å². The molecule has 0 aliphatic carbocycles. The van der Waals surface area contributed by atoms with Crippen LogP contribution >= 0.6 is 11.8 Å². The fourth-order valence-corrected chi connectivity index (χ4v) is 3.00. The van der Waals surface area contributed by atoms with Gasteiger partial charge in [0.05, 0.1) is 0 Å². The van der Waals surface area contributed by atoms with Crippen molar-refractivity contribution >= 4 is 17.7 Å². The standard InChI is InChI=1S/C11H20N2OS/c1-15-7-4-11(14)13-6-3-10-9(8-13)2-5-12-10/h9-10,12H,2-8H2,1H3. The van der Waals surface area contributed by atoms with Gasteiger partial charge in [-0.25, -0.2) is 0 Å². The van der Waals surface area contributed by atoms with Crippen LogP contribution < -0.4 is 5.32 Å². The molecule has 2 atom stereocenters. The molecular formula is C11H20N2OS. The van der Waals surface area contributed by atoms with Crippen molar-refractivity contribution in [2.75, 3.05) is 31.6 Å². The molecule has 1 N–H and O–H groups in total. The number of carbonyl (C=O) groups is 1. The molecule has 2 heterocycles.